The van der Waals surface area contributed by atoms with Crippen molar-refractivity contribution < 1.29 is 13.9 Å². The van der Waals surface area contributed by atoms with Crippen LogP contribution in [0.25, 0.3) is 0 Å². The van der Waals surface area contributed by atoms with Gasteiger partial charge in [-0.3, -0.25) is 4.79 Å². The lowest BCUT2D eigenvalue weighted by atomic mass is 10.1. The fraction of sp³-hybridized carbons (Fsp3) is 0.522. The largest absolute Gasteiger partial charge is 0.383 e. The SMILES string of the molecule is CCN1CCN(c2c(C)c(C(=O)NCCOC)n(Cc3ccc(F)cc3)c2C)CC1. The van der Waals surface area contributed by atoms with Crippen molar-refractivity contribution in [3.63, 3.8) is 0 Å². The van der Waals surface area contributed by atoms with Crippen LogP contribution in [-0.2, 0) is 11.3 Å². The predicted octanol–water partition coefficient (Wildman–Crippen LogP) is 2.81. The molecule has 164 valence electrons. The molecule has 0 radical (unpaired) electrons. The number of carbonyl (C=O) groups excluding carboxylic acids is 1. The fourth-order valence-electron chi connectivity index (χ4n) is 4.25. The van der Waals surface area contributed by atoms with Crippen molar-refractivity contribution in [2.75, 3.05) is 57.9 Å². The van der Waals surface area contributed by atoms with Gasteiger partial charge in [-0.2, -0.15) is 0 Å². The van der Waals surface area contributed by atoms with Gasteiger partial charge in [0.25, 0.3) is 5.91 Å². The molecule has 0 aliphatic carbocycles. The molecule has 30 heavy (non-hydrogen) atoms. The van der Waals surface area contributed by atoms with Crippen LogP contribution in [0.15, 0.2) is 24.3 Å². The molecule has 0 atom stereocenters. The van der Waals surface area contributed by atoms with Crippen LogP contribution in [0.5, 0.6) is 0 Å². The third-order valence-electron chi connectivity index (χ3n) is 5.92. The molecule has 7 heteroatoms. The number of likely N-dealkylation sites (N-methyl/N-ethyl adjacent to an activating group) is 1. The normalized spacial score (nSPS) is 14.9. The van der Waals surface area contributed by atoms with Crippen LogP contribution in [0.3, 0.4) is 0 Å². The van der Waals surface area contributed by atoms with Crippen LogP contribution in [-0.4, -0.2) is 68.4 Å². The van der Waals surface area contributed by atoms with Crippen molar-refractivity contribution in [3.8, 4) is 0 Å². The summed E-state index contributed by atoms with van der Waals surface area (Å²) in [5, 5.41) is 2.96. The van der Waals surface area contributed by atoms with Gasteiger partial charge in [0.15, 0.2) is 0 Å². The van der Waals surface area contributed by atoms with Crippen molar-refractivity contribution in [2.24, 2.45) is 0 Å². The molecule has 1 saturated heterocycles. The number of halogens is 1. The van der Waals surface area contributed by atoms with Crippen molar-refractivity contribution in [1.29, 1.82) is 0 Å². The Labute approximate surface area is 178 Å². The maximum atomic E-state index is 13.4. The Morgan fingerprint density at radius 3 is 2.40 bits per heavy atom. The predicted molar refractivity (Wildman–Crippen MR) is 118 cm³/mol. The van der Waals surface area contributed by atoms with Gasteiger partial charge in [0, 0.05) is 57.6 Å². The highest BCUT2D eigenvalue weighted by Crippen LogP contribution is 2.32. The molecule has 2 aromatic rings. The lowest BCUT2D eigenvalue weighted by molar-refractivity contribution is 0.0927. The van der Waals surface area contributed by atoms with Gasteiger partial charge >= 0.3 is 0 Å². The Bertz CT molecular complexity index is 855. The number of piperazine rings is 1. The number of nitrogens with one attached hydrogen (secondary N) is 1. The summed E-state index contributed by atoms with van der Waals surface area (Å²) in [5.74, 6) is -0.362. The molecule has 0 spiro atoms. The second kappa shape index (κ2) is 10.1. The minimum absolute atomic E-state index is 0.104. The first-order valence-corrected chi connectivity index (χ1v) is 10.6. The average Bonchev–Trinajstić information content (AvgIpc) is 2.99. The van der Waals surface area contributed by atoms with E-state index in [9.17, 15) is 9.18 Å². The van der Waals surface area contributed by atoms with E-state index in [1.54, 1.807) is 19.2 Å². The summed E-state index contributed by atoms with van der Waals surface area (Å²) in [5.41, 5.74) is 4.83. The number of methoxy groups -OCH3 is 1. The number of aromatic nitrogens is 1. The molecule has 1 amide bonds. The van der Waals surface area contributed by atoms with E-state index in [-0.39, 0.29) is 11.7 Å². The van der Waals surface area contributed by atoms with E-state index >= 15 is 0 Å². The van der Waals surface area contributed by atoms with E-state index in [1.165, 1.54) is 12.1 Å². The number of rotatable bonds is 8. The number of carbonyl (C=O) groups is 1. The zero-order valence-corrected chi connectivity index (χ0v) is 18.5. The molecule has 0 bridgehead atoms. The summed E-state index contributed by atoms with van der Waals surface area (Å²) in [7, 11) is 1.62. The van der Waals surface area contributed by atoms with Crippen molar-refractivity contribution in [2.45, 2.75) is 27.3 Å². The number of hydrogen-bond acceptors (Lipinski definition) is 4. The number of nitrogens with zero attached hydrogens (tertiary/aromatic N) is 3. The molecular weight excluding hydrogens is 383 g/mol. The Morgan fingerprint density at radius 2 is 1.80 bits per heavy atom. The lowest BCUT2D eigenvalue weighted by Gasteiger charge is -2.36. The molecule has 6 nitrogen and oxygen atoms in total. The van der Waals surface area contributed by atoms with E-state index in [1.807, 2.05) is 6.92 Å². The van der Waals surface area contributed by atoms with Crippen molar-refractivity contribution >= 4 is 11.6 Å². The Kier molecular flexibility index (Phi) is 7.50. The van der Waals surface area contributed by atoms with Gasteiger partial charge in [0.05, 0.1) is 12.3 Å². The second-order valence-electron chi connectivity index (χ2n) is 7.79. The highest BCUT2D eigenvalue weighted by molar-refractivity contribution is 5.96. The molecule has 0 unspecified atom stereocenters. The van der Waals surface area contributed by atoms with E-state index in [0.717, 1.165) is 55.2 Å². The van der Waals surface area contributed by atoms with Gasteiger partial charge in [0.1, 0.15) is 11.5 Å². The Hall–Kier alpha value is -2.38. The molecule has 1 fully saturated rings. The summed E-state index contributed by atoms with van der Waals surface area (Å²) < 4.78 is 20.5. The number of amides is 1. The van der Waals surface area contributed by atoms with Crippen LogP contribution in [0.4, 0.5) is 10.1 Å². The summed E-state index contributed by atoms with van der Waals surface area (Å²) >= 11 is 0. The van der Waals surface area contributed by atoms with E-state index < -0.39 is 0 Å². The van der Waals surface area contributed by atoms with Crippen LogP contribution < -0.4 is 10.2 Å². The maximum absolute atomic E-state index is 13.4. The van der Waals surface area contributed by atoms with Gasteiger partial charge < -0.3 is 24.4 Å². The lowest BCUT2D eigenvalue weighted by Crippen LogP contribution is -2.46. The monoisotopic (exact) mass is 416 g/mol. The van der Waals surface area contributed by atoms with Gasteiger partial charge in [-0.25, -0.2) is 4.39 Å². The van der Waals surface area contributed by atoms with Crippen LogP contribution in [0, 0.1) is 19.7 Å². The van der Waals surface area contributed by atoms with Gasteiger partial charge in [-0.1, -0.05) is 19.1 Å². The van der Waals surface area contributed by atoms with E-state index in [4.69, 9.17) is 4.74 Å². The molecule has 1 aliphatic heterocycles. The topological polar surface area (TPSA) is 49.7 Å². The third-order valence-corrected chi connectivity index (χ3v) is 5.92. The molecule has 3 rings (SSSR count). The van der Waals surface area contributed by atoms with E-state index in [0.29, 0.717) is 25.4 Å². The summed E-state index contributed by atoms with van der Waals surface area (Å²) in [4.78, 5) is 17.9. The average molecular weight is 417 g/mol. The molecule has 2 heterocycles. The summed E-state index contributed by atoms with van der Waals surface area (Å²) in [6.45, 7) is 12.7. The van der Waals surface area contributed by atoms with Crippen molar-refractivity contribution in [3.05, 3.63) is 52.6 Å². The van der Waals surface area contributed by atoms with Gasteiger partial charge in [-0.15, -0.1) is 0 Å². The Balaban J connectivity index is 1.95. The van der Waals surface area contributed by atoms with E-state index in [2.05, 4.69) is 33.5 Å². The van der Waals surface area contributed by atoms with Crippen LogP contribution in [0.2, 0.25) is 0 Å². The summed E-state index contributed by atoms with van der Waals surface area (Å²) in [6, 6.07) is 6.47. The minimum Gasteiger partial charge on any atom is -0.383 e. The molecule has 1 aromatic carbocycles. The van der Waals surface area contributed by atoms with Crippen LogP contribution >= 0.6 is 0 Å². The quantitative estimate of drug-likeness (QED) is 0.673. The highest BCUT2D eigenvalue weighted by atomic mass is 19.1. The van der Waals surface area contributed by atoms with Gasteiger partial charge in [0.2, 0.25) is 0 Å². The van der Waals surface area contributed by atoms with Crippen LogP contribution in [0.1, 0.15) is 34.2 Å². The minimum atomic E-state index is -0.258. The third kappa shape index (κ3) is 4.84. The number of anilines is 1. The zero-order chi connectivity index (χ0) is 21.7. The fourth-order valence-corrected chi connectivity index (χ4v) is 4.25. The maximum Gasteiger partial charge on any atom is 0.268 e. The molecular formula is C23H33FN4O2. The smallest absolute Gasteiger partial charge is 0.268 e. The molecule has 1 aliphatic rings. The highest BCUT2D eigenvalue weighted by Gasteiger charge is 2.27. The van der Waals surface area contributed by atoms with Gasteiger partial charge in [-0.05, 0) is 38.1 Å². The number of benzene rings is 1. The first-order valence-electron chi connectivity index (χ1n) is 10.6. The number of hydrogen-bond donors (Lipinski definition) is 1. The first kappa shape index (κ1) is 22.3. The number of ether oxygens (including phenoxy) is 1. The van der Waals surface area contributed by atoms with Crippen molar-refractivity contribution in [1.82, 2.24) is 14.8 Å². The standard InChI is InChI=1S/C23H33FN4O2/c1-5-26-11-13-27(14-12-26)21-17(2)22(23(29)25-10-15-30-4)28(18(21)3)16-19-6-8-20(24)9-7-19/h6-9H,5,10-16H2,1-4H3,(H,25,29). The molecule has 1 aromatic heterocycles. The zero-order valence-electron chi connectivity index (χ0n) is 18.5. The molecule has 1 N–H and O–H groups in total. The molecule has 0 saturated carbocycles. The Morgan fingerprint density at radius 1 is 1.13 bits per heavy atom. The second-order valence-corrected chi connectivity index (χ2v) is 7.79. The summed E-state index contributed by atoms with van der Waals surface area (Å²) in [6.07, 6.45) is 0. The first-order chi connectivity index (χ1) is 14.5.